The van der Waals surface area contributed by atoms with E-state index in [1.165, 1.54) is 23.9 Å². The van der Waals surface area contributed by atoms with Crippen molar-refractivity contribution < 1.29 is 8.81 Å². The Morgan fingerprint density at radius 2 is 1.83 bits per heavy atom. The van der Waals surface area contributed by atoms with Crippen molar-refractivity contribution in [2.45, 2.75) is 17.8 Å². The third kappa shape index (κ3) is 3.70. The highest BCUT2D eigenvalue weighted by Crippen LogP contribution is 2.27. The fraction of sp³-hybridized carbons (Fsp3) is 0.0769. The zero-order chi connectivity index (χ0) is 23.9. The van der Waals surface area contributed by atoms with Gasteiger partial charge in [0.25, 0.3) is 5.56 Å². The number of oxazole rings is 1. The van der Waals surface area contributed by atoms with Crippen LogP contribution in [-0.2, 0) is 5.75 Å². The van der Waals surface area contributed by atoms with Crippen molar-refractivity contribution in [2.75, 3.05) is 0 Å². The standard InChI is InChI=1S/C26H18FN5O2S/c1-16-7-2-4-11-21(16)31-24(33)20-10-3-5-12-22(20)32-25(31)29-30-26(32)35-15-19-14-34-23(28-19)17-8-6-9-18(27)13-17/h2-14H,15H2,1H3. The normalized spacial score (nSPS) is 11.5. The van der Waals surface area contributed by atoms with E-state index in [1.54, 1.807) is 23.0 Å². The molecule has 35 heavy (non-hydrogen) atoms. The van der Waals surface area contributed by atoms with Crippen LogP contribution in [0.15, 0.2) is 93.4 Å². The zero-order valence-electron chi connectivity index (χ0n) is 18.6. The Morgan fingerprint density at radius 1 is 1.00 bits per heavy atom. The van der Waals surface area contributed by atoms with Gasteiger partial charge in [-0.3, -0.25) is 9.20 Å². The molecule has 0 aliphatic carbocycles. The number of aryl methyl sites for hydroxylation is 1. The molecule has 0 N–H and O–H groups in total. The number of benzene rings is 3. The van der Waals surface area contributed by atoms with E-state index in [0.717, 1.165) is 16.8 Å². The number of thioether (sulfide) groups is 1. The second-order valence-electron chi connectivity index (χ2n) is 8.01. The van der Waals surface area contributed by atoms with Crippen LogP contribution in [0.25, 0.3) is 33.8 Å². The van der Waals surface area contributed by atoms with Gasteiger partial charge in [-0.2, -0.15) is 0 Å². The maximum atomic E-state index is 13.6. The number of nitrogens with zero attached hydrogens (tertiary/aromatic N) is 5. The molecule has 172 valence electrons. The van der Waals surface area contributed by atoms with Crippen molar-refractivity contribution in [3.8, 4) is 17.1 Å². The van der Waals surface area contributed by atoms with E-state index < -0.39 is 0 Å². The largest absolute Gasteiger partial charge is 0.444 e. The van der Waals surface area contributed by atoms with Gasteiger partial charge in [0, 0.05) is 11.3 Å². The SMILES string of the molecule is Cc1ccccc1-n1c(=O)c2ccccc2n2c(SCc3coc(-c4cccc(F)c4)n3)nnc12. The summed E-state index contributed by atoms with van der Waals surface area (Å²) in [6.07, 6.45) is 1.55. The molecule has 0 radical (unpaired) electrons. The number of aromatic nitrogens is 5. The number of hydrogen-bond donors (Lipinski definition) is 0. The zero-order valence-corrected chi connectivity index (χ0v) is 19.4. The fourth-order valence-electron chi connectivity index (χ4n) is 4.07. The summed E-state index contributed by atoms with van der Waals surface area (Å²) < 4.78 is 22.6. The summed E-state index contributed by atoms with van der Waals surface area (Å²) in [7, 11) is 0. The summed E-state index contributed by atoms with van der Waals surface area (Å²) in [5.41, 5.74) is 3.54. The molecule has 7 nitrogen and oxygen atoms in total. The molecule has 6 aromatic rings. The fourth-order valence-corrected chi connectivity index (χ4v) is 4.89. The smallest absolute Gasteiger partial charge is 0.267 e. The van der Waals surface area contributed by atoms with E-state index in [2.05, 4.69) is 15.2 Å². The molecular formula is C26H18FN5O2S. The quantitative estimate of drug-likeness (QED) is 0.304. The number of hydrogen-bond acceptors (Lipinski definition) is 6. The number of fused-ring (bicyclic) bond motifs is 3. The van der Waals surface area contributed by atoms with Gasteiger partial charge in [-0.05, 0) is 48.9 Å². The molecule has 0 saturated carbocycles. The average Bonchev–Trinajstić information content (AvgIpc) is 3.51. The monoisotopic (exact) mass is 483 g/mol. The topological polar surface area (TPSA) is 78.2 Å². The maximum absolute atomic E-state index is 13.6. The van der Waals surface area contributed by atoms with E-state index in [4.69, 9.17) is 4.42 Å². The van der Waals surface area contributed by atoms with Crippen LogP contribution < -0.4 is 5.56 Å². The molecule has 3 aromatic carbocycles. The molecule has 6 rings (SSSR count). The van der Waals surface area contributed by atoms with Crippen LogP contribution in [0.1, 0.15) is 11.3 Å². The predicted octanol–water partition coefficient (Wildman–Crippen LogP) is 5.43. The summed E-state index contributed by atoms with van der Waals surface area (Å²) in [4.78, 5) is 18.0. The van der Waals surface area contributed by atoms with Gasteiger partial charge in [-0.1, -0.05) is 48.2 Å². The molecule has 0 spiro atoms. The first kappa shape index (κ1) is 21.3. The van der Waals surface area contributed by atoms with Gasteiger partial charge in [-0.25, -0.2) is 13.9 Å². The lowest BCUT2D eigenvalue weighted by Crippen LogP contribution is -2.22. The Bertz CT molecular complexity index is 1770. The van der Waals surface area contributed by atoms with Crippen molar-refractivity contribution >= 4 is 28.4 Å². The molecule has 0 aliphatic heterocycles. The first-order valence-corrected chi connectivity index (χ1v) is 11.9. The summed E-state index contributed by atoms with van der Waals surface area (Å²) in [5.74, 6) is 0.895. The minimum absolute atomic E-state index is 0.150. The third-order valence-electron chi connectivity index (χ3n) is 5.72. The number of para-hydroxylation sites is 2. The van der Waals surface area contributed by atoms with E-state index in [1.807, 2.05) is 59.9 Å². The lowest BCUT2D eigenvalue weighted by atomic mass is 10.2. The van der Waals surface area contributed by atoms with E-state index in [0.29, 0.717) is 39.2 Å². The van der Waals surface area contributed by atoms with Gasteiger partial charge >= 0.3 is 0 Å². The Kier molecular flexibility index (Phi) is 5.18. The van der Waals surface area contributed by atoms with Gasteiger partial charge in [-0.15, -0.1) is 10.2 Å². The third-order valence-corrected chi connectivity index (χ3v) is 6.69. The van der Waals surface area contributed by atoms with Crippen molar-refractivity contribution in [2.24, 2.45) is 0 Å². The van der Waals surface area contributed by atoms with E-state index in [9.17, 15) is 9.18 Å². The Morgan fingerprint density at radius 3 is 2.69 bits per heavy atom. The lowest BCUT2D eigenvalue weighted by Gasteiger charge is -2.13. The van der Waals surface area contributed by atoms with Gasteiger partial charge in [0.1, 0.15) is 12.1 Å². The minimum atomic E-state index is -0.349. The lowest BCUT2D eigenvalue weighted by molar-refractivity contribution is 0.571. The second-order valence-corrected chi connectivity index (χ2v) is 8.95. The Balaban J connectivity index is 1.43. The molecule has 3 heterocycles. The number of halogens is 1. The average molecular weight is 484 g/mol. The van der Waals surface area contributed by atoms with Gasteiger partial charge in [0.05, 0.1) is 22.3 Å². The maximum Gasteiger partial charge on any atom is 0.267 e. The minimum Gasteiger partial charge on any atom is -0.444 e. The first-order chi connectivity index (χ1) is 17.1. The highest BCUT2D eigenvalue weighted by atomic mass is 32.2. The van der Waals surface area contributed by atoms with Gasteiger partial charge in [0.15, 0.2) is 5.16 Å². The summed E-state index contributed by atoms with van der Waals surface area (Å²) in [6, 6.07) is 21.2. The molecule has 0 atom stereocenters. The molecule has 0 unspecified atom stereocenters. The summed E-state index contributed by atoms with van der Waals surface area (Å²) >= 11 is 1.43. The Hall–Kier alpha value is -4.24. The van der Waals surface area contributed by atoms with Crippen molar-refractivity contribution in [1.29, 1.82) is 0 Å². The van der Waals surface area contributed by atoms with Crippen molar-refractivity contribution in [3.05, 3.63) is 106 Å². The van der Waals surface area contributed by atoms with E-state index in [-0.39, 0.29) is 11.4 Å². The highest BCUT2D eigenvalue weighted by molar-refractivity contribution is 7.98. The van der Waals surface area contributed by atoms with Crippen molar-refractivity contribution in [3.63, 3.8) is 0 Å². The van der Waals surface area contributed by atoms with Crippen LogP contribution in [0.3, 0.4) is 0 Å². The second kappa shape index (κ2) is 8.52. The van der Waals surface area contributed by atoms with Crippen LogP contribution in [0.5, 0.6) is 0 Å². The molecule has 3 aromatic heterocycles. The van der Waals surface area contributed by atoms with Crippen molar-refractivity contribution in [1.82, 2.24) is 24.1 Å². The predicted molar refractivity (Wildman–Crippen MR) is 132 cm³/mol. The van der Waals surface area contributed by atoms with Crippen LogP contribution in [0, 0.1) is 12.7 Å². The van der Waals surface area contributed by atoms with Gasteiger partial charge < -0.3 is 4.42 Å². The first-order valence-electron chi connectivity index (χ1n) is 10.9. The van der Waals surface area contributed by atoms with Crippen LogP contribution in [-0.4, -0.2) is 24.1 Å². The van der Waals surface area contributed by atoms with Crippen LogP contribution in [0.2, 0.25) is 0 Å². The molecule has 0 bridgehead atoms. The van der Waals surface area contributed by atoms with Gasteiger partial charge in [0.2, 0.25) is 11.7 Å². The van der Waals surface area contributed by atoms with Crippen LogP contribution in [0.4, 0.5) is 4.39 Å². The molecule has 0 amide bonds. The molecular weight excluding hydrogens is 465 g/mol. The molecule has 0 fully saturated rings. The van der Waals surface area contributed by atoms with Crippen LogP contribution >= 0.6 is 11.8 Å². The molecule has 0 aliphatic rings. The summed E-state index contributed by atoms with van der Waals surface area (Å²) in [5, 5.41) is 9.98. The number of rotatable bonds is 5. The molecule has 0 saturated heterocycles. The Labute approximate surface area is 202 Å². The highest BCUT2D eigenvalue weighted by Gasteiger charge is 2.19. The molecule has 9 heteroatoms. The summed E-state index contributed by atoms with van der Waals surface area (Å²) in [6.45, 7) is 1.96. The van der Waals surface area contributed by atoms with E-state index >= 15 is 0 Å².